The Balaban J connectivity index is 2.08. The fourth-order valence-corrected chi connectivity index (χ4v) is 3.95. The van der Waals surface area contributed by atoms with Crippen molar-refractivity contribution in [3.63, 3.8) is 0 Å². The van der Waals surface area contributed by atoms with Gasteiger partial charge < -0.3 is 10.5 Å². The number of nitrogens with two attached hydrogens (primary N) is 1. The lowest BCUT2D eigenvalue weighted by atomic mass is 9.86. The first-order valence-corrected chi connectivity index (χ1v) is 7.87. The molecule has 1 aromatic carbocycles. The Morgan fingerprint density at radius 2 is 2.00 bits per heavy atom. The first-order chi connectivity index (χ1) is 8.42. The van der Waals surface area contributed by atoms with E-state index in [4.69, 9.17) is 10.5 Å². The van der Waals surface area contributed by atoms with Crippen molar-refractivity contribution in [2.45, 2.75) is 24.8 Å². The van der Waals surface area contributed by atoms with Crippen LogP contribution in [-0.4, -0.2) is 32.6 Å². The molecule has 0 atom stereocenters. The van der Waals surface area contributed by atoms with E-state index in [1.807, 2.05) is 24.3 Å². The molecule has 1 aliphatic heterocycles. The topological polar surface area (TPSA) is 69.4 Å². The molecule has 0 unspecified atom stereocenters. The summed E-state index contributed by atoms with van der Waals surface area (Å²) >= 11 is 0. The number of ether oxygens (including phenoxy) is 1. The van der Waals surface area contributed by atoms with Crippen molar-refractivity contribution in [1.82, 2.24) is 0 Å². The minimum atomic E-state index is -2.86. The highest BCUT2D eigenvalue weighted by Crippen LogP contribution is 2.26. The van der Waals surface area contributed by atoms with Gasteiger partial charge in [0.25, 0.3) is 0 Å². The fraction of sp³-hybridized carbons (Fsp3) is 0.538. The van der Waals surface area contributed by atoms with E-state index >= 15 is 0 Å². The smallest absolute Gasteiger partial charge is 0.150 e. The molecule has 0 spiro atoms. The third kappa shape index (κ3) is 3.23. The molecule has 5 heteroatoms. The molecule has 1 heterocycles. The standard InChI is InChI=1S/C13H19NO3S/c1-17-12-4-2-3-11(9-12)10-13(14)5-7-18(15,16)8-6-13/h2-4,9H,5-8,10,14H2,1H3. The molecule has 0 aliphatic carbocycles. The zero-order valence-electron chi connectivity index (χ0n) is 10.6. The predicted octanol–water partition coefficient (Wildman–Crippen LogP) is 1.14. The van der Waals surface area contributed by atoms with E-state index in [-0.39, 0.29) is 11.5 Å². The van der Waals surface area contributed by atoms with Gasteiger partial charge in [-0.3, -0.25) is 0 Å². The second-order valence-electron chi connectivity index (χ2n) is 5.04. The van der Waals surface area contributed by atoms with Gasteiger partial charge >= 0.3 is 0 Å². The molecular weight excluding hydrogens is 250 g/mol. The van der Waals surface area contributed by atoms with Crippen LogP contribution in [0, 0.1) is 0 Å². The van der Waals surface area contributed by atoms with E-state index in [1.165, 1.54) is 0 Å². The Morgan fingerprint density at radius 3 is 2.61 bits per heavy atom. The number of hydrogen-bond donors (Lipinski definition) is 1. The summed E-state index contributed by atoms with van der Waals surface area (Å²) in [6.45, 7) is 0. The molecule has 1 aromatic rings. The molecule has 1 fully saturated rings. The summed E-state index contributed by atoms with van der Waals surface area (Å²) < 4.78 is 28.0. The van der Waals surface area contributed by atoms with Gasteiger partial charge in [0.1, 0.15) is 15.6 Å². The van der Waals surface area contributed by atoms with Gasteiger partial charge in [-0.25, -0.2) is 8.42 Å². The van der Waals surface area contributed by atoms with Crippen LogP contribution in [0.15, 0.2) is 24.3 Å². The molecule has 100 valence electrons. The maximum atomic E-state index is 11.4. The number of methoxy groups -OCH3 is 1. The monoisotopic (exact) mass is 269 g/mol. The van der Waals surface area contributed by atoms with E-state index < -0.39 is 15.4 Å². The lowest BCUT2D eigenvalue weighted by Gasteiger charge is -2.33. The lowest BCUT2D eigenvalue weighted by Crippen LogP contribution is -2.48. The molecule has 1 saturated heterocycles. The van der Waals surface area contributed by atoms with Crippen LogP contribution in [0.3, 0.4) is 0 Å². The summed E-state index contributed by atoms with van der Waals surface area (Å²) in [5.41, 5.74) is 6.99. The molecule has 18 heavy (non-hydrogen) atoms. The third-order valence-electron chi connectivity index (χ3n) is 3.51. The number of benzene rings is 1. The van der Waals surface area contributed by atoms with Gasteiger partial charge in [-0.15, -0.1) is 0 Å². The van der Waals surface area contributed by atoms with Crippen molar-refractivity contribution in [3.05, 3.63) is 29.8 Å². The van der Waals surface area contributed by atoms with Crippen LogP contribution in [-0.2, 0) is 16.3 Å². The second kappa shape index (κ2) is 4.90. The van der Waals surface area contributed by atoms with Crippen LogP contribution in [0.25, 0.3) is 0 Å². The van der Waals surface area contributed by atoms with E-state index in [9.17, 15) is 8.42 Å². The van der Waals surface area contributed by atoms with E-state index in [2.05, 4.69) is 0 Å². The molecule has 0 aromatic heterocycles. The third-order valence-corrected chi connectivity index (χ3v) is 5.16. The number of hydrogen-bond acceptors (Lipinski definition) is 4. The van der Waals surface area contributed by atoms with Gasteiger partial charge in [0, 0.05) is 5.54 Å². The minimum absolute atomic E-state index is 0.202. The Labute approximate surface area is 108 Å². The van der Waals surface area contributed by atoms with E-state index in [0.29, 0.717) is 19.3 Å². The van der Waals surface area contributed by atoms with Gasteiger partial charge in [0.15, 0.2) is 0 Å². The zero-order valence-corrected chi connectivity index (χ0v) is 11.4. The summed E-state index contributed by atoms with van der Waals surface area (Å²) in [6.07, 6.45) is 1.76. The molecule has 0 radical (unpaired) electrons. The van der Waals surface area contributed by atoms with Gasteiger partial charge in [0.2, 0.25) is 0 Å². The Morgan fingerprint density at radius 1 is 1.33 bits per heavy atom. The first kappa shape index (κ1) is 13.4. The SMILES string of the molecule is COc1cccc(CC2(N)CCS(=O)(=O)CC2)c1. The van der Waals surface area contributed by atoms with Crippen molar-refractivity contribution in [2.75, 3.05) is 18.6 Å². The lowest BCUT2D eigenvalue weighted by molar-refractivity contribution is 0.377. The van der Waals surface area contributed by atoms with Crippen LogP contribution in [0.4, 0.5) is 0 Å². The zero-order chi connectivity index (χ0) is 13.2. The maximum absolute atomic E-state index is 11.4. The molecule has 4 nitrogen and oxygen atoms in total. The van der Waals surface area contributed by atoms with E-state index in [1.54, 1.807) is 7.11 Å². The first-order valence-electron chi connectivity index (χ1n) is 6.05. The van der Waals surface area contributed by atoms with Crippen LogP contribution >= 0.6 is 0 Å². The van der Waals surface area contributed by atoms with Crippen molar-refractivity contribution >= 4 is 9.84 Å². The van der Waals surface area contributed by atoms with E-state index in [0.717, 1.165) is 11.3 Å². The highest BCUT2D eigenvalue weighted by molar-refractivity contribution is 7.91. The van der Waals surface area contributed by atoms with Crippen LogP contribution in [0.5, 0.6) is 5.75 Å². The average molecular weight is 269 g/mol. The molecule has 0 amide bonds. The summed E-state index contributed by atoms with van der Waals surface area (Å²) in [4.78, 5) is 0. The second-order valence-corrected chi connectivity index (χ2v) is 7.35. The van der Waals surface area contributed by atoms with Crippen molar-refractivity contribution in [3.8, 4) is 5.75 Å². The van der Waals surface area contributed by atoms with Gasteiger partial charge in [-0.1, -0.05) is 12.1 Å². The van der Waals surface area contributed by atoms with Crippen molar-refractivity contribution in [1.29, 1.82) is 0 Å². The van der Waals surface area contributed by atoms with Gasteiger partial charge in [0.05, 0.1) is 18.6 Å². The number of rotatable bonds is 3. The largest absolute Gasteiger partial charge is 0.497 e. The average Bonchev–Trinajstić information content (AvgIpc) is 2.34. The number of sulfone groups is 1. The summed E-state index contributed by atoms with van der Waals surface area (Å²) in [7, 11) is -1.23. The van der Waals surface area contributed by atoms with Gasteiger partial charge in [-0.05, 0) is 37.0 Å². The molecule has 2 rings (SSSR count). The molecule has 2 N–H and O–H groups in total. The predicted molar refractivity (Wildman–Crippen MR) is 71.5 cm³/mol. The summed E-state index contributed by atoms with van der Waals surface area (Å²) in [6, 6.07) is 7.77. The van der Waals surface area contributed by atoms with Crippen LogP contribution in [0.1, 0.15) is 18.4 Å². The minimum Gasteiger partial charge on any atom is -0.497 e. The Kier molecular flexibility index (Phi) is 3.64. The molecule has 0 bridgehead atoms. The fourth-order valence-electron chi connectivity index (χ4n) is 2.31. The Bertz CT molecular complexity index is 511. The van der Waals surface area contributed by atoms with Gasteiger partial charge in [-0.2, -0.15) is 0 Å². The highest BCUT2D eigenvalue weighted by atomic mass is 32.2. The summed E-state index contributed by atoms with van der Waals surface area (Å²) in [5, 5.41) is 0. The normalized spacial score (nSPS) is 21.4. The maximum Gasteiger partial charge on any atom is 0.150 e. The van der Waals surface area contributed by atoms with Crippen LogP contribution < -0.4 is 10.5 Å². The Hall–Kier alpha value is -1.07. The summed E-state index contributed by atoms with van der Waals surface area (Å²) in [5.74, 6) is 1.21. The quantitative estimate of drug-likeness (QED) is 0.893. The molecule has 1 aliphatic rings. The van der Waals surface area contributed by atoms with Crippen molar-refractivity contribution < 1.29 is 13.2 Å². The highest BCUT2D eigenvalue weighted by Gasteiger charge is 2.33. The van der Waals surface area contributed by atoms with Crippen LogP contribution in [0.2, 0.25) is 0 Å². The molecule has 0 saturated carbocycles. The van der Waals surface area contributed by atoms with Crippen molar-refractivity contribution in [2.24, 2.45) is 5.73 Å². The molecular formula is C13H19NO3S.